The Labute approximate surface area is 120 Å². The van der Waals surface area contributed by atoms with Gasteiger partial charge >= 0.3 is 0 Å². The summed E-state index contributed by atoms with van der Waals surface area (Å²) in [5.41, 5.74) is 6.18. The summed E-state index contributed by atoms with van der Waals surface area (Å²) in [6.45, 7) is 5.93. The predicted molar refractivity (Wildman–Crippen MR) is 83.0 cm³/mol. The molecule has 0 saturated heterocycles. The van der Waals surface area contributed by atoms with Crippen molar-refractivity contribution >= 4 is 10.8 Å². The number of hydrogen-bond donors (Lipinski definition) is 2. The molecule has 0 spiro atoms. The summed E-state index contributed by atoms with van der Waals surface area (Å²) in [5.74, 6) is 0.784. The second-order valence-electron chi connectivity index (χ2n) is 5.63. The van der Waals surface area contributed by atoms with E-state index in [1.54, 1.807) is 6.92 Å². The second kappa shape index (κ2) is 5.81. The van der Waals surface area contributed by atoms with Crippen molar-refractivity contribution in [2.45, 2.75) is 38.8 Å². The van der Waals surface area contributed by atoms with E-state index < -0.39 is 5.60 Å². The van der Waals surface area contributed by atoms with Crippen LogP contribution in [0.4, 0.5) is 0 Å². The first-order valence-electron chi connectivity index (χ1n) is 7.07. The average molecular weight is 273 g/mol. The molecule has 0 aliphatic heterocycles. The zero-order chi connectivity index (χ0) is 14.8. The van der Waals surface area contributed by atoms with Crippen LogP contribution in [-0.4, -0.2) is 17.3 Å². The van der Waals surface area contributed by atoms with Crippen molar-refractivity contribution in [3.63, 3.8) is 0 Å². The van der Waals surface area contributed by atoms with Gasteiger partial charge in [-0.1, -0.05) is 43.3 Å². The third-order valence-corrected chi connectivity index (χ3v) is 3.69. The Hall–Kier alpha value is -1.58. The van der Waals surface area contributed by atoms with E-state index in [2.05, 4.69) is 6.07 Å². The molecule has 0 fully saturated rings. The number of rotatable bonds is 5. The van der Waals surface area contributed by atoms with Gasteiger partial charge in [0.15, 0.2) is 0 Å². The van der Waals surface area contributed by atoms with E-state index >= 15 is 0 Å². The van der Waals surface area contributed by atoms with E-state index in [0.717, 1.165) is 22.1 Å². The highest BCUT2D eigenvalue weighted by Crippen LogP contribution is 2.33. The third kappa shape index (κ3) is 3.11. The first kappa shape index (κ1) is 14.8. The minimum Gasteiger partial charge on any atom is -0.490 e. The summed E-state index contributed by atoms with van der Waals surface area (Å²) < 4.78 is 5.94. The average Bonchev–Trinajstić information content (AvgIpc) is 2.44. The van der Waals surface area contributed by atoms with Crippen LogP contribution in [-0.2, 0) is 0 Å². The van der Waals surface area contributed by atoms with Crippen LogP contribution < -0.4 is 10.5 Å². The minimum atomic E-state index is -0.827. The van der Waals surface area contributed by atoms with Crippen molar-refractivity contribution in [1.82, 2.24) is 0 Å². The number of hydrogen-bond acceptors (Lipinski definition) is 3. The van der Waals surface area contributed by atoms with Gasteiger partial charge in [0.25, 0.3) is 0 Å². The molecule has 108 valence electrons. The van der Waals surface area contributed by atoms with Crippen LogP contribution in [0.2, 0.25) is 0 Å². The van der Waals surface area contributed by atoms with Crippen molar-refractivity contribution in [2.24, 2.45) is 5.73 Å². The zero-order valence-corrected chi connectivity index (χ0v) is 12.4. The molecule has 0 aliphatic carbocycles. The van der Waals surface area contributed by atoms with Gasteiger partial charge in [0.1, 0.15) is 12.4 Å². The highest BCUT2D eigenvalue weighted by Gasteiger charge is 2.20. The fourth-order valence-corrected chi connectivity index (χ4v) is 2.11. The lowest BCUT2D eigenvalue weighted by atomic mass is 10.0. The summed E-state index contributed by atoms with van der Waals surface area (Å²) in [5, 5.41) is 12.3. The van der Waals surface area contributed by atoms with Gasteiger partial charge in [-0.3, -0.25) is 0 Å². The first-order valence-corrected chi connectivity index (χ1v) is 7.07. The topological polar surface area (TPSA) is 55.5 Å². The fourth-order valence-electron chi connectivity index (χ4n) is 2.11. The summed E-state index contributed by atoms with van der Waals surface area (Å²) in [4.78, 5) is 0. The van der Waals surface area contributed by atoms with E-state index in [1.165, 1.54) is 0 Å². The number of fused-ring (bicyclic) bond motifs is 1. The van der Waals surface area contributed by atoms with Crippen molar-refractivity contribution in [3.8, 4) is 5.75 Å². The molecule has 0 aromatic heterocycles. The maximum absolute atomic E-state index is 10.1. The van der Waals surface area contributed by atoms with E-state index in [0.29, 0.717) is 6.42 Å². The normalized spacial score (nSPS) is 15.8. The monoisotopic (exact) mass is 273 g/mol. The Morgan fingerprint density at radius 2 is 1.95 bits per heavy atom. The standard InChI is InChI=1S/C17H23NO2/c1-4-17(3,19)11-20-16-14(12(2)18)10-9-13-7-5-6-8-15(13)16/h5-10,12,19H,4,11,18H2,1-3H3/t12-,17?/m0/s1. The van der Waals surface area contributed by atoms with E-state index in [1.807, 2.05) is 44.2 Å². The molecule has 0 saturated carbocycles. The highest BCUT2D eigenvalue weighted by molar-refractivity contribution is 5.89. The van der Waals surface area contributed by atoms with Gasteiger partial charge in [-0.25, -0.2) is 0 Å². The maximum Gasteiger partial charge on any atom is 0.132 e. The smallest absolute Gasteiger partial charge is 0.132 e. The molecule has 0 amide bonds. The Balaban J connectivity index is 2.44. The van der Waals surface area contributed by atoms with Gasteiger partial charge in [0.05, 0.1) is 5.60 Å². The van der Waals surface area contributed by atoms with Crippen molar-refractivity contribution in [2.75, 3.05) is 6.61 Å². The van der Waals surface area contributed by atoms with Gasteiger partial charge in [-0.05, 0) is 25.7 Å². The van der Waals surface area contributed by atoms with Crippen LogP contribution in [0.25, 0.3) is 10.8 Å². The lowest BCUT2D eigenvalue weighted by Crippen LogP contribution is -2.31. The van der Waals surface area contributed by atoms with Gasteiger partial charge in [0.2, 0.25) is 0 Å². The van der Waals surface area contributed by atoms with E-state index in [-0.39, 0.29) is 12.6 Å². The molecular weight excluding hydrogens is 250 g/mol. The number of ether oxygens (including phenoxy) is 1. The van der Waals surface area contributed by atoms with E-state index in [9.17, 15) is 5.11 Å². The molecule has 0 radical (unpaired) electrons. The zero-order valence-electron chi connectivity index (χ0n) is 12.4. The number of benzene rings is 2. The van der Waals surface area contributed by atoms with Gasteiger partial charge in [0, 0.05) is 17.0 Å². The molecule has 1 unspecified atom stereocenters. The molecule has 3 N–H and O–H groups in total. The predicted octanol–water partition coefficient (Wildman–Crippen LogP) is 3.40. The summed E-state index contributed by atoms with van der Waals surface area (Å²) in [6, 6.07) is 12.0. The lowest BCUT2D eigenvalue weighted by Gasteiger charge is -2.24. The van der Waals surface area contributed by atoms with Gasteiger partial charge < -0.3 is 15.6 Å². The second-order valence-corrected chi connectivity index (χ2v) is 5.63. The largest absolute Gasteiger partial charge is 0.490 e. The number of nitrogens with two attached hydrogens (primary N) is 1. The molecule has 3 nitrogen and oxygen atoms in total. The number of aliphatic hydroxyl groups is 1. The molecule has 2 aromatic carbocycles. The molecule has 0 bridgehead atoms. The van der Waals surface area contributed by atoms with Crippen LogP contribution in [0.1, 0.15) is 38.8 Å². The quantitative estimate of drug-likeness (QED) is 0.878. The molecule has 0 aliphatic rings. The fraction of sp³-hybridized carbons (Fsp3) is 0.412. The van der Waals surface area contributed by atoms with Gasteiger partial charge in [-0.2, -0.15) is 0 Å². The van der Waals surface area contributed by atoms with Crippen molar-refractivity contribution < 1.29 is 9.84 Å². The Bertz CT molecular complexity index is 591. The molecular formula is C17H23NO2. The minimum absolute atomic E-state index is 0.110. The third-order valence-electron chi connectivity index (χ3n) is 3.69. The summed E-state index contributed by atoms with van der Waals surface area (Å²) in [6.07, 6.45) is 0.644. The molecule has 3 heteroatoms. The lowest BCUT2D eigenvalue weighted by molar-refractivity contribution is 0.00861. The van der Waals surface area contributed by atoms with Crippen molar-refractivity contribution in [1.29, 1.82) is 0 Å². The maximum atomic E-state index is 10.1. The van der Waals surface area contributed by atoms with Crippen LogP contribution in [0.15, 0.2) is 36.4 Å². The molecule has 20 heavy (non-hydrogen) atoms. The van der Waals surface area contributed by atoms with Crippen LogP contribution in [0.5, 0.6) is 5.75 Å². The molecule has 2 aromatic rings. The summed E-state index contributed by atoms with van der Waals surface area (Å²) in [7, 11) is 0. The first-order chi connectivity index (χ1) is 9.44. The Morgan fingerprint density at radius 3 is 2.60 bits per heavy atom. The van der Waals surface area contributed by atoms with Gasteiger partial charge in [-0.15, -0.1) is 0 Å². The van der Waals surface area contributed by atoms with Crippen LogP contribution >= 0.6 is 0 Å². The molecule has 0 heterocycles. The van der Waals surface area contributed by atoms with Crippen LogP contribution in [0, 0.1) is 0 Å². The highest BCUT2D eigenvalue weighted by atomic mass is 16.5. The molecule has 2 rings (SSSR count). The summed E-state index contributed by atoms with van der Waals surface area (Å²) >= 11 is 0. The molecule has 2 atom stereocenters. The van der Waals surface area contributed by atoms with Crippen molar-refractivity contribution in [3.05, 3.63) is 42.0 Å². The van der Waals surface area contributed by atoms with Crippen LogP contribution in [0.3, 0.4) is 0 Å². The van der Waals surface area contributed by atoms with E-state index in [4.69, 9.17) is 10.5 Å². The Morgan fingerprint density at radius 1 is 1.25 bits per heavy atom. The Kier molecular flexibility index (Phi) is 4.31. The SMILES string of the molecule is CCC(C)(O)COc1c([C@H](C)N)ccc2ccccc12.